The molecule has 170 valence electrons. The molecule has 0 bridgehead atoms. The van der Waals surface area contributed by atoms with E-state index in [1.165, 1.54) is 7.11 Å². The Balaban J connectivity index is 2.06. The largest absolute Gasteiger partial charge is 0.494 e. The maximum Gasteiger partial charge on any atom is 0.198 e. The highest BCUT2D eigenvalue weighted by Crippen LogP contribution is 2.42. The van der Waals surface area contributed by atoms with Crippen molar-refractivity contribution in [2.75, 3.05) is 57.2 Å². The molecule has 3 rings (SSSR count). The van der Waals surface area contributed by atoms with E-state index in [4.69, 9.17) is 10.5 Å². The summed E-state index contributed by atoms with van der Waals surface area (Å²) in [6.07, 6.45) is 0.906. The third-order valence-electron chi connectivity index (χ3n) is 6.00. The Kier molecular flexibility index (Phi) is 6.60. The van der Waals surface area contributed by atoms with Gasteiger partial charge in [-0.2, -0.15) is 0 Å². The number of carbonyl (C=O) groups is 2. The molecule has 2 aromatic rings. The van der Waals surface area contributed by atoms with E-state index in [9.17, 15) is 9.59 Å². The number of anilines is 3. The van der Waals surface area contributed by atoms with Gasteiger partial charge in [0.25, 0.3) is 0 Å². The van der Waals surface area contributed by atoms with Gasteiger partial charge in [-0.25, -0.2) is 0 Å². The van der Waals surface area contributed by atoms with E-state index in [1.807, 2.05) is 0 Å². The molecule has 7 nitrogen and oxygen atoms in total. The summed E-state index contributed by atoms with van der Waals surface area (Å²) >= 11 is 0. The number of benzene rings is 2. The number of fused-ring (bicyclic) bond motifs is 2. The van der Waals surface area contributed by atoms with E-state index >= 15 is 0 Å². The van der Waals surface area contributed by atoms with Gasteiger partial charge < -0.3 is 25.6 Å². The van der Waals surface area contributed by atoms with Gasteiger partial charge in [0, 0.05) is 36.0 Å². The molecule has 0 aliphatic heterocycles. The molecule has 0 saturated carbocycles. The van der Waals surface area contributed by atoms with Crippen molar-refractivity contribution in [3.05, 3.63) is 58.8 Å². The summed E-state index contributed by atoms with van der Waals surface area (Å²) < 4.78 is 6.33. The Labute approximate surface area is 189 Å². The summed E-state index contributed by atoms with van der Waals surface area (Å²) in [4.78, 5) is 27.2. The van der Waals surface area contributed by atoms with Crippen molar-refractivity contribution in [3.8, 4) is 5.75 Å². The number of nitrogens with one attached hydrogen (secondary N) is 2. The van der Waals surface area contributed by atoms with Crippen LogP contribution in [0.5, 0.6) is 5.75 Å². The van der Waals surface area contributed by atoms with Crippen LogP contribution in [0.4, 0.5) is 17.1 Å². The number of nitrogen functional groups attached to an aromatic ring is 1. The van der Waals surface area contributed by atoms with E-state index in [2.05, 4.69) is 38.2 Å². The molecule has 0 radical (unpaired) electrons. The van der Waals surface area contributed by atoms with E-state index in [0.717, 1.165) is 24.0 Å². The molecule has 0 fully saturated rings. The lowest BCUT2D eigenvalue weighted by molar-refractivity contribution is -0.888. The fourth-order valence-corrected chi connectivity index (χ4v) is 3.92. The highest BCUT2D eigenvalue weighted by atomic mass is 16.5. The Morgan fingerprint density at radius 2 is 1.84 bits per heavy atom. The van der Waals surface area contributed by atoms with Crippen LogP contribution >= 0.6 is 0 Å². The van der Waals surface area contributed by atoms with Crippen LogP contribution in [-0.2, 0) is 0 Å². The van der Waals surface area contributed by atoms with Crippen molar-refractivity contribution in [2.24, 2.45) is 0 Å². The second-order valence-electron chi connectivity index (χ2n) is 8.84. The Morgan fingerprint density at radius 1 is 1.12 bits per heavy atom. The van der Waals surface area contributed by atoms with Gasteiger partial charge in [-0.3, -0.25) is 9.59 Å². The quantitative estimate of drug-likeness (QED) is 0.267. The van der Waals surface area contributed by atoms with Crippen LogP contribution in [0.2, 0.25) is 0 Å². The number of nitrogens with zero attached hydrogens (tertiary/aromatic N) is 1. The third-order valence-corrected chi connectivity index (χ3v) is 6.00. The van der Waals surface area contributed by atoms with Crippen molar-refractivity contribution in [3.63, 3.8) is 0 Å². The highest BCUT2D eigenvalue weighted by molar-refractivity contribution is 6.33. The van der Waals surface area contributed by atoms with Crippen LogP contribution in [0.25, 0.3) is 0 Å². The third kappa shape index (κ3) is 4.34. The number of hydrogen-bond acceptors (Lipinski definition) is 6. The maximum absolute atomic E-state index is 13.7. The standard InChI is InChI=1S/C25H32N4O3/c1-7-29(4,5)13-9-12-27-18-14-19(32-6)23(26)22-21(18)25(31)20-16(24(22)30)10-8-11-17(20)28-15(2)3/h8,10-11,14H,2,7,9,12-13H2,1,3-6H3,(H3-,26,27,28,30,31)/p+1. The fourth-order valence-electron chi connectivity index (χ4n) is 3.92. The van der Waals surface area contributed by atoms with Crippen molar-refractivity contribution < 1.29 is 18.8 Å². The van der Waals surface area contributed by atoms with Crippen molar-refractivity contribution >= 4 is 28.6 Å². The zero-order valence-electron chi connectivity index (χ0n) is 19.6. The summed E-state index contributed by atoms with van der Waals surface area (Å²) in [6.45, 7) is 10.5. The fraction of sp³-hybridized carbons (Fsp3) is 0.360. The van der Waals surface area contributed by atoms with E-state index < -0.39 is 0 Å². The number of ether oxygens (including phenoxy) is 1. The van der Waals surface area contributed by atoms with Gasteiger partial charge in [0.15, 0.2) is 11.6 Å². The SMILES string of the molecule is C=C(C)Nc1cccc2c1C(=O)c1c(NCCC[N+](C)(C)CC)cc(OC)c(N)c1C2=O. The maximum atomic E-state index is 13.7. The molecule has 0 saturated heterocycles. The minimum Gasteiger partial charge on any atom is -0.494 e. The van der Waals surface area contributed by atoms with Crippen LogP contribution in [0.15, 0.2) is 36.5 Å². The Bertz CT molecular complexity index is 1090. The normalized spacial score (nSPS) is 12.8. The van der Waals surface area contributed by atoms with Crippen LogP contribution in [-0.4, -0.2) is 56.9 Å². The van der Waals surface area contributed by atoms with Crippen LogP contribution < -0.4 is 21.1 Å². The van der Waals surface area contributed by atoms with E-state index in [-0.39, 0.29) is 22.8 Å². The zero-order chi connectivity index (χ0) is 23.6. The number of hydrogen-bond donors (Lipinski definition) is 3. The number of allylic oxidation sites excluding steroid dienone is 1. The molecule has 0 unspecified atom stereocenters. The summed E-state index contributed by atoms with van der Waals surface area (Å²) in [6, 6.07) is 6.87. The predicted octanol–water partition coefficient (Wildman–Crippen LogP) is 3.90. The van der Waals surface area contributed by atoms with E-state index in [1.54, 1.807) is 31.2 Å². The van der Waals surface area contributed by atoms with Gasteiger partial charge in [0.05, 0.1) is 62.4 Å². The first-order valence-electron chi connectivity index (χ1n) is 10.8. The predicted molar refractivity (Wildman–Crippen MR) is 130 cm³/mol. The number of quaternary nitrogens is 1. The number of rotatable bonds is 9. The average Bonchev–Trinajstić information content (AvgIpc) is 2.75. The van der Waals surface area contributed by atoms with Crippen LogP contribution in [0.3, 0.4) is 0 Å². The first-order chi connectivity index (χ1) is 15.1. The summed E-state index contributed by atoms with van der Waals surface area (Å²) in [7, 11) is 5.87. The minimum atomic E-state index is -0.289. The van der Waals surface area contributed by atoms with Gasteiger partial charge in [0.1, 0.15) is 5.75 Å². The first kappa shape index (κ1) is 23.3. The summed E-state index contributed by atoms with van der Waals surface area (Å²) in [5.74, 6) is -0.166. The van der Waals surface area contributed by atoms with Crippen molar-refractivity contribution in [1.29, 1.82) is 0 Å². The molecule has 0 spiro atoms. The lowest BCUT2D eigenvalue weighted by atomic mass is 9.81. The van der Waals surface area contributed by atoms with Gasteiger partial charge in [0.2, 0.25) is 0 Å². The molecule has 0 atom stereocenters. The number of nitrogens with two attached hydrogens (primary N) is 1. The molecule has 1 aliphatic rings. The molecule has 0 amide bonds. The van der Waals surface area contributed by atoms with Crippen LogP contribution in [0, 0.1) is 0 Å². The number of carbonyl (C=O) groups excluding carboxylic acids is 2. The van der Waals surface area contributed by atoms with Gasteiger partial charge in [-0.15, -0.1) is 0 Å². The van der Waals surface area contributed by atoms with Crippen molar-refractivity contribution in [2.45, 2.75) is 20.3 Å². The molecule has 4 N–H and O–H groups in total. The second-order valence-corrected chi connectivity index (χ2v) is 8.84. The molecule has 0 aromatic heterocycles. The number of methoxy groups -OCH3 is 1. The number of ketones is 2. The molecular formula is C25H33N4O3+. The summed E-state index contributed by atoms with van der Waals surface area (Å²) in [5, 5.41) is 6.46. The monoisotopic (exact) mass is 437 g/mol. The topological polar surface area (TPSA) is 93.4 Å². The van der Waals surface area contributed by atoms with Crippen LogP contribution in [0.1, 0.15) is 52.1 Å². The summed E-state index contributed by atoms with van der Waals surface area (Å²) in [5.41, 5.74) is 9.40. The first-order valence-corrected chi connectivity index (χ1v) is 10.8. The molecule has 32 heavy (non-hydrogen) atoms. The van der Waals surface area contributed by atoms with Gasteiger partial charge in [-0.05, 0) is 19.9 Å². The van der Waals surface area contributed by atoms with E-state index in [0.29, 0.717) is 46.1 Å². The minimum absolute atomic E-state index is 0.180. The second kappa shape index (κ2) is 9.04. The lowest BCUT2D eigenvalue weighted by Crippen LogP contribution is -2.40. The van der Waals surface area contributed by atoms with Gasteiger partial charge in [-0.1, -0.05) is 18.7 Å². The molecule has 0 heterocycles. The average molecular weight is 438 g/mol. The highest BCUT2D eigenvalue weighted by Gasteiger charge is 2.36. The lowest BCUT2D eigenvalue weighted by Gasteiger charge is -2.28. The molecule has 7 heteroatoms. The Morgan fingerprint density at radius 3 is 2.47 bits per heavy atom. The smallest absolute Gasteiger partial charge is 0.198 e. The molecular weight excluding hydrogens is 404 g/mol. The van der Waals surface area contributed by atoms with Crippen molar-refractivity contribution in [1.82, 2.24) is 0 Å². The molecule has 1 aliphatic carbocycles. The van der Waals surface area contributed by atoms with Gasteiger partial charge >= 0.3 is 0 Å². The molecule has 2 aromatic carbocycles. The zero-order valence-corrected chi connectivity index (χ0v) is 19.6. The Hall–Kier alpha value is -3.32.